The highest BCUT2D eigenvalue weighted by molar-refractivity contribution is 7.89. The Labute approximate surface area is 162 Å². The molecule has 1 atom stereocenters. The molecule has 1 amide bonds. The molecule has 0 bridgehead atoms. The summed E-state index contributed by atoms with van der Waals surface area (Å²) in [6.45, 7) is 3.84. The lowest BCUT2D eigenvalue weighted by atomic mass is 10.2. The lowest BCUT2D eigenvalue weighted by molar-refractivity contribution is -0.117. The lowest BCUT2D eigenvalue weighted by Gasteiger charge is -2.15. The molecule has 0 radical (unpaired) electrons. The van der Waals surface area contributed by atoms with Gasteiger partial charge in [0.25, 0.3) is 0 Å². The highest BCUT2D eigenvalue weighted by atomic mass is 35.5. The molecule has 0 saturated carbocycles. The Morgan fingerprint density at radius 3 is 2.42 bits per heavy atom. The van der Waals surface area contributed by atoms with Gasteiger partial charge in [-0.3, -0.25) is 4.79 Å². The molecule has 0 aliphatic carbocycles. The van der Waals surface area contributed by atoms with Gasteiger partial charge in [-0.05, 0) is 56.3 Å². The normalized spacial score (nSPS) is 12.5. The summed E-state index contributed by atoms with van der Waals surface area (Å²) in [5.74, 6) is 0.158. The number of nitrogens with one attached hydrogen (secondary N) is 2. The van der Waals surface area contributed by atoms with Crippen molar-refractivity contribution in [1.82, 2.24) is 4.72 Å². The van der Waals surface area contributed by atoms with Crippen molar-refractivity contribution in [2.45, 2.75) is 24.8 Å². The fraction of sp³-hybridized carbons (Fsp3) is 0.235. The molecule has 2 rings (SSSR count). The number of benzene rings is 2. The van der Waals surface area contributed by atoms with Gasteiger partial charge in [0.15, 0.2) is 0 Å². The maximum absolute atomic E-state index is 12.4. The third kappa shape index (κ3) is 5.35. The van der Waals surface area contributed by atoms with Crippen LogP contribution in [0.5, 0.6) is 5.75 Å². The topological polar surface area (TPSA) is 84.5 Å². The average Bonchev–Trinajstić information content (AvgIpc) is 2.58. The molecule has 140 valence electrons. The van der Waals surface area contributed by atoms with Crippen LogP contribution >= 0.6 is 23.2 Å². The summed E-state index contributed by atoms with van der Waals surface area (Å²) in [7, 11) is -4.01. The SMILES string of the molecule is CCOc1ccc(NC(=O)[C@H](C)NS(=O)(=O)c2cc(Cl)ccc2Cl)cc1. The molecule has 2 N–H and O–H groups in total. The van der Waals surface area contributed by atoms with E-state index >= 15 is 0 Å². The zero-order valence-electron chi connectivity index (χ0n) is 14.1. The average molecular weight is 417 g/mol. The number of ether oxygens (including phenoxy) is 1. The van der Waals surface area contributed by atoms with E-state index in [-0.39, 0.29) is 14.9 Å². The smallest absolute Gasteiger partial charge is 0.242 e. The molecule has 0 unspecified atom stereocenters. The minimum atomic E-state index is -4.01. The zero-order chi connectivity index (χ0) is 19.3. The number of anilines is 1. The molecule has 6 nitrogen and oxygen atoms in total. The van der Waals surface area contributed by atoms with Gasteiger partial charge < -0.3 is 10.1 Å². The number of halogens is 2. The van der Waals surface area contributed by atoms with E-state index < -0.39 is 22.0 Å². The second-order valence-corrected chi connectivity index (χ2v) is 7.89. The van der Waals surface area contributed by atoms with Crippen molar-refractivity contribution in [2.24, 2.45) is 0 Å². The maximum atomic E-state index is 12.4. The van der Waals surface area contributed by atoms with Gasteiger partial charge in [-0.2, -0.15) is 4.72 Å². The number of sulfonamides is 1. The van der Waals surface area contributed by atoms with E-state index in [1.165, 1.54) is 25.1 Å². The molecule has 0 aromatic heterocycles. The van der Waals surface area contributed by atoms with Crippen molar-refractivity contribution in [1.29, 1.82) is 0 Å². The van der Waals surface area contributed by atoms with Crippen molar-refractivity contribution in [2.75, 3.05) is 11.9 Å². The van der Waals surface area contributed by atoms with Crippen LogP contribution in [0.3, 0.4) is 0 Å². The molecule has 0 aliphatic rings. The summed E-state index contributed by atoms with van der Waals surface area (Å²) in [5, 5.41) is 2.87. The van der Waals surface area contributed by atoms with Crippen molar-refractivity contribution >= 4 is 44.8 Å². The van der Waals surface area contributed by atoms with E-state index in [1.807, 2.05) is 6.92 Å². The van der Waals surface area contributed by atoms with Gasteiger partial charge in [-0.1, -0.05) is 23.2 Å². The van der Waals surface area contributed by atoms with Crippen molar-refractivity contribution in [3.8, 4) is 5.75 Å². The van der Waals surface area contributed by atoms with Crippen LogP contribution in [0.15, 0.2) is 47.4 Å². The minimum absolute atomic E-state index is 0.0148. The number of hydrogen-bond donors (Lipinski definition) is 2. The first-order chi connectivity index (χ1) is 12.2. The third-order valence-corrected chi connectivity index (χ3v) is 5.60. The molecule has 26 heavy (non-hydrogen) atoms. The minimum Gasteiger partial charge on any atom is -0.494 e. The molecule has 0 aliphatic heterocycles. The Balaban J connectivity index is 2.07. The van der Waals surface area contributed by atoms with E-state index in [0.29, 0.717) is 18.0 Å². The fourth-order valence-corrected chi connectivity index (χ4v) is 4.05. The largest absolute Gasteiger partial charge is 0.494 e. The van der Waals surface area contributed by atoms with Gasteiger partial charge >= 0.3 is 0 Å². The second-order valence-electron chi connectivity index (χ2n) is 5.36. The van der Waals surface area contributed by atoms with E-state index in [2.05, 4.69) is 10.0 Å². The fourth-order valence-electron chi connectivity index (χ4n) is 2.08. The van der Waals surface area contributed by atoms with Gasteiger partial charge in [0.1, 0.15) is 10.6 Å². The summed E-state index contributed by atoms with van der Waals surface area (Å²) in [6, 6.07) is 9.80. The molecule has 2 aromatic rings. The Morgan fingerprint density at radius 1 is 1.15 bits per heavy atom. The van der Waals surface area contributed by atoms with Gasteiger partial charge in [0.05, 0.1) is 17.7 Å². The summed E-state index contributed by atoms with van der Waals surface area (Å²) in [4.78, 5) is 12.1. The predicted molar refractivity (Wildman–Crippen MR) is 102 cm³/mol. The van der Waals surface area contributed by atoms with Gasteiger partial charge in [0, 0.05) is 10.7 Å². The van der Waals surface area contributed by atoms with E-state index in [0.717, 1.165) is 0 Å². The van der Waals surface area contributed by atoms with Crippen molar-refractivity contribution in [3.63, 3.8) is 0 Å². The molecule has 0 heterocycles. The van der Waals surface area contributed by atoms with Crippen LogP contribution in [0.4, 0.5) is 5.69 Å². The predicted octanol–water partition coefficient (Wildman–Crippen LogP) is 3.70. The standard InChI is InChI=1S/C17H18Cl2N2O4S/c1-3-25-14-7-5-13(6-8-14)20-17(22)11(2)21-26(23,24)16-10-12(18)4-9-15(16)19/h4-11,21H,3H2,1-2H3,(H,20,22)/t11-/m0/s1. The first-order valence-electron chi connectivity index (χ1n) is 7.74. The number of carbonyl (C=O) groups is 1. The van der Waals surface area contributed by atoms with Crippen LogP contribution in [0, 0.1) is 0 Å². The maximum Gasteiger partial charge on any atom is 0.242 e. The molecule has 9 heteroatoms. The van der Waals surface area contributed by atoms with Crippen LogP contribution in [0.1, 0.15) is 13.8 Å². The third-order valence-electron chi connectivity index (χ3n) is 3.34. The Hall–Kier alpha value is -1.80. The summed E-state index contributed by atoms with van der Waals surface area (Å²) in [5.41, 5.74) is 0.519. The van der Waals surface area contributed by atoms with Gasteiger partial charge in [-0.15, -0.1) is 0 Å². The molecule has 0 saturated heterocycles. The van der Waals surface area contributed by atoms with Crippen molar-refractivity contribution in [3.05, 3.63) is 52.5 Å². The zero-order valence-corrected chi connectivity index (χ0v) is 16.5. The first-order valence-corrected chi connectivity index (χ1v) is 9.98. The quantitative estimate of drug-likeness (QED) is 0.720. The highest BCUT2D eigenvalue weighted by Gasteiger charge is 2.24. The van der Waals surface area contributed by atoms with Crippen LogP contribution in [0.2, 0.25) is 10.0 Å². The molecular weight excluding hydrogens is 399 g/mol. The Morgan fingerprint density at radius 2 is 1.81 bits per heavy atom. The van der Waals surface area contributed by atoms with E-state index in [9.17, 15) is 13.2 Å². The van der Waals surface area contributed by atoms with Crippen LogP contribution in [-0.4, -0.2) is 27.0 Å². The van der Waals surface area contributed by atoms with Gasteiger partial charge in [-0.25, -0.2) is 8.42 Å². The molecular formula is C17H18Cl2N2O4S. The van der Waals surface area contributed by atoms with Crippen LogP contribution in [-0.2, 0) is 14.8 Å². The van der Waals surface area contributed by atoms with E-state index in [4.69, 9.17) is 27.9 Å². The summed E-state index contributed by atoms with van der Waals surface area (Å²) < 4.78 is 32.5. The molecule has 0 spiro atoms. The monoisotopic (exact) mass is 416 g/mol. The molecule has 0 fully saturated rings. The first kappa shape index (κ1) is 20.5. The Kier molecular flexibility index (Phi) is 6.88. The Bertz CT molecular complexity index is 886. The second kappa shape index (κ2) is 8.73. The van der Waals surface area contributed by atoms with Gasteiger partial charge in [0.2, 0.25) is 15.9 Å². The summed E-state index contributed by atoms with van der Waals surface area (Å²) >= 11 is 11.7. The van der Waals surface area contributed by atoms with Crippen molar-refractivity contribution < 1.29 is 17.9 Å². The number of rotatable bonds is 7. The van der Waals surface area contributed by atoms with E-state index in [1.54, 1.807) is 24.3 Å². The highest BCUT2D eigenvalue weighted by Crippen LogP contribution is 2.25. The number of amides is 1. The molecule has 2 aromatic carbocycles. The van der Waals surface area contributed by atoms with Crippen LogP contribution in [0.25, 0.3) is 0 Å². The lowest BCUT2D eigenvalue weighted by Crippen LogP contribution is -2.41. The number of carbonyl (C=O) groups excluding carboxylic acids is 1. The summed E-state index contributed by atoms with van der Waals surface area (Å²) in [6.07, 6.45) is 0. The number of hydrogen-bond acceptors (Lipinski definition) is 4. The van der Waals surface area contributed by atoms with Crippen LogP contribution < -0.4 is 14.8 Å².